The number of thiazole rings is 1. The fraction of sp³-hybridized carbons (Fsp3) is 0.542. The van der Waals surface area contributed by atoms with Crippen molar-refractivity contribution in [3.63, 3.8) is 0 Å². The van der Waals surface area contributed by atoms with E-state index in [4.69, 9.17) is 19.0 Å². The molecule has 36 heavy (non-hydrogen) atoms. The second-order valence-electron chi connectivity index (χ2n) is 10.1. The van der Waals surface area contributed by atoms with Crippen LogP contribution in [-0.2, 0) is 4.74 Å². The van der Waals surface area contributed by atoms with Gasteiger partial charge in [0.2, 0.25) is 0 Å². The molecule has 2 aliphatic rings. The maximum absolute atomic E-state index is 13.9. The quantitative estimate of drug-likeness (QED) is 0.505. The number of anilines is 1. The Morgan fingerprint density at radius 2 is 1.97 bits per heavy atom. The first-order chi connectivity index (χ1) is 17.0. The molecular weight excluding hydrogens is 494 g/mol. The molecular formula is C24H28F2N4O5S. The molecule has 4 heterocycles. The zero-order valence-corrected chi connectivity index (χ0v) is 21.1. The summed E-state index contributed by atoms with van der Waals surface area (Å²) in [5, 5.41) is 11.5. The molecule has 1 N–H and O–H groups in total. The number of rotatable bonds is 5. The predicted octanol–water partition coefficient (Wildman–Crippen LogP) is 4.89. The van der Waals surface area contributed by atoms with E-state index in [0.717, 1.165) is 19.3 Å². The number of fused-ring (bicyclic) bond motifs is 3. The number of carbonyl (C=O) groups is 1. The molecule has 2 fully saturated rings. The molecule has 0 aliphatic carbocycles. The van der Waals surface area contributed by atoms with Gasteiger partial charge in [0.15, 0.2) is 11.3 Å². The molecule has 2 atom stereocenters. The van der Waals surface area contributed by atoms with Gasteiger partial charge in [-0.2, -0.15) is 13.8 Å². The highest BCUT2D eigenvalue weighted by Crippen LogP contribution is 2.40. The smallest absolute Gasteiger partial charge is 0.421 e. The van der Waals surface area contributed by atoms with Crippen LogP contribution in [0.25, 0.3) is 21.7 Å². The number of aromatic nitrogens is 2. The minimum Gasteiger partial charge on any atom is -0.444 e. The predicted molar refractivity (Wildman–Crippen MR) is 129 cm³/mol. The number of nitrogens with zero attached hydrogens (tertiary/aromatic N) is 4. The Bertz CT molecular complexity index is 1230. The molecule has 12 heteroatoms. The minimum absolute atomic E-state index is 0.0468. The van der Waals surface area contributed by atoms with Crippen molar-refractivity contribution in [3.8, 4) is 16.3 Å². The highest BCUT2D eigenvalue weighted by molar-refractivity contribution is 7.13. The van der Waals surface area contributed by atoms with E-state index >= 15 is 0 Å². The molecule has 2 aromatic heterocycles. The molecule has 9 nitrogen and oxygen atoms in total. The van der Waals surface area contributed by atoms with Gasteiger partial charge in [-0.25, -0.2) is 9.78 Å². The lowest BCUT2D eigenvalue weighted by Crippen LogP contribution is -2.63. The molecule has 2 bridgehead atoms. The monoisotopic (exact) mass is 522 g/mol. The number of piperidine rings is 1. The lowest BCUT2D eigenvalue weighted by atomic mass is 9.92. The number of alkyl halides is 2. The second-order valence-corrected chi connectivity index (χ2v) is 10.9. The van der Waals surface area contributed by atoms with Gasteiger partial charge in [-0.15, -0.1) is 11.3 Å². The van der Waals surface area contributed by atoms with Crippen LogP contribution in [0.3, 0.4) is 0 Å². The highest BCUT2D eigenvalue weighted by Gasteiger charge is 2.43. The van der Waals surface area contributed by atoms with Crippen LogP contribution in [0.5, 0.6) is 5.75 Å². The molecule has 3 aromatic rings. The largest absolute Gasteiger partial charge is 0.444 e. The molecule has 2 unspecified atom stereocenters. The highest BCUT2D eigenvalue weighted by atomic mass is 32.1. The standard InChI is InChI=1S/C24H28F2N4O5S/c1-23(2,3)35-22(32)30-14-5-4-6-15(30)12-29(11-14)21-28-18-16(20-27-9-10-36-20)7-8-17(19(18)33-21)34-24(25,26)13-31/h7-10,14-15,31H,4-6,11-13H2,1-3H3. The summed E-state index contributed by atoms with van der Waals surface area (Å²) in [5.74, 6) is -0.226. The Kier molecular flexibility index (Phi) is 6.27. The summed E-state index contributed by atoms with van der Waals surface area (Å²) >= 11 is 1.39. The second kappa shape index (κ2) is 9.15. The Morgan fingerprint density at radius 3 is 2.58 bits per heavy atom. The van der Waals surface area contributed by atoms with Crippen LogP contribution in [0, 0.1) is 0 Å². The summed E-state index contributed by atoms with van der Waals surface area (Å²) in [5.41, 5.74) is 0.418. The number of carbonyl (C=O) groups excluding carboxylic acids is 1. The normalized spacial score (nSPS) is 20.6. The van der Waals surface area contributed by atoms with Gasteiger partial charge in [0.1, 0.15) is 22.7 Å². The maximum atomic E-state index is 13.9. The van der Waals surface area contributed by atoms with Crippen LogP contribution in [-0.4, -0.2) is 69.6 Å². The minimum atomic E-state index is -3.78. The Labute approximate surface area is 210 Å². The molecule has 1 amide bonds. The van der Waals surface area contributed by atoms with Gasteiger partial charge < -0.3 is 23.9 Å². The SMILES string of the molecule is CC(C)(C)OC(=O)N1C2CCCC1CN(c1nc3c(-c4nccs4)ccc(OC(F)(F)CO)c3o1)C2. The van der Waals surface area contributed by atoms with Crippen LogP contribution in [0.4, 0.5) is 19.6 Å². The first-order valence-electron chi connectivity index (χ1n) is 11.8. The Balaban J connectivity index is 1.49. The fourth-order valence-corrected chi connectivity index (χ4v) is 5.45. The van der Waals surface area contributed by atoms with Crippen molar-refractivity contribution in [2.75, 3.05) is 24.6 Å². The molecule has 0 radical (unpaired) electrons. The summed E-state index contributed by atoms with van der Waals surface area (Å²) in [7, 11) is 0. The lowest BCUT2D eigenvalue weighted by Gasteiger charge is -2.49. The lowest BCUT2D eigenvalue weighted by molar-refractivity contribution is -0.200. The summed E-state index contributed by atoms with van der Waals surface area (Å²) < 4.78 is 44.2. The van der Waals surface area contributed by atoms with E-state index in [1.165, 1.54) is 17.4 Å². The third-order valence-electron chi connectivity index (χ3n) is 6.20. The van der Waals surface area contributed by atoms with Crippen molar-refractivity contribution in [2.24, 2.45) is 0 Å². The molecule has 2 aliphatic heterocycles. The number of halogens is 2. The number of aliphatic hydroxyl groups excluding tert-OH is 1. The van der Waals surface area contributed by atoms with Crippen molar-refractivity contribution in [2.45, 2.75) is 63.8 Å². The van der Waals surface area contributed by atoms with Crippen LogP contribution < -0.4 is 9.64 Å². The third-order valence-corrected chi connectivity index (χ3v) is 7.01. The van der Waals surface area contributed by atoms with Crippen molar-refractivity contribution >= 4 is 34.5 Å². The van der Waals surface area contributed by atoms with E-state index in [9.17, 15) is 13.6 Å². The third kappa shape index (κ3) is 4.83. The van der Waals surface area contributed by atoms with Crippen molar-refractivity contribution < 1.29 is 32.6 Å². The van der Waals surface area contributed by atoms with Crippen molar-refractivity contribution in [1.29, 1.82) is 0 Å². The van der Waals surface area contributed by atoms with Crippen LogP contribution in [0.1, 0.15) is 40.0 Å². The van der Waals surface area contributed by atoms with Gasteiger partial charge in [-0.1, -0.05) is 0 Å². The molecule has 0 saturated carbocycles. The first-order valence-corrected chi connectivity index (χ1v) is 12.7. The van der Waals surface area contributed by atoms with E-state index in [0.29, 0.717) is 29.2 Å². The average Bonchev–Trinajstić information content (AvgIpc) is 3.48. The van der Waals surface area contributed by atoms with Crippen LogP contribution in [0.15, 0.2) is 28.1 Å². The zero-order chi connectivity index (χ0) is 25.7. The number of hydrogen-bond acceptors (Lipinski definition) is 9. The summed E-state index contributed by atoms with van der Waals surface area (Å²) in [6.07, 6.45) is 0.162. The Morgan fingerprint density at radius 1 is 1.25 bits per heavy atom. The number of ether oxygens (including phenoxy) is 2. The number of oxazole rings is 1. The van der Waals surface area contributed by atoms with Gasteiger partial charge >= 0.3 is 12.2 Å². The zero-order valence-electron chi connectivity index (χ0n) is 20.2. The maximum Gasteiger partial charge on any atom is 0.421 e. The van der Waals surface area contributed by atoms with E-state index in [1.807, 2.05) is 36.0 Å². The number of amides is 1. The van der Waals surface area contributed by atoms with E-state index in [-0.39, 0.29) is 35.5 Å². The average molecular weight is 523 g/mol. The number of benzene rings is 1. The van der Waals surface area contributed by atoms with Crippen LogP contribution >= 0.6 is 11.3 Å². The van der Waals surface area contributed by atoms with Gasteiger partial charge in [0, 0.05) is 30.2 Å². The number of hydrogen-bond donors (Lipinski definition) is 1. The summed E-state index contributed by atoms with van der Waals surface area (Å²) in [6, 6.07) is 3.05. The van der Waals surface area contributed by atoms with E-state index in [2.05, 4.69) is 9.97 Å². The topological polar surface area (TPSA) is 101 Å². The molecule has 0 spiro atoms. The van der Waals surface area contributed by atoms with Crippen molar-refractivity contribution in [1.82, 2.24) is 14.9 Å². The first kappa shape index (κ1) is 24.7. The summed E-state index contributed by atoms with van der Waals surface area (Å²) in [6.45, 7) is 5.00. The van der Waals surface area contributed by atoms with E-state index < -0.39 is 18.3 Å². The summed E-state index contributed by atoms with van der Waals surface area (Å²) in [4.78, 5) is 25.7. The molecule has 1 aromatic carbocycles. The fourth-order valence-electron chi connectivity index (χ4n) is 4.79. The van der Waals surface area contributed by atoms with E-state index in [1.54, 1.807) is 12.3 Å². The molecule has 5 rings (SSSR count). The number of piperazine rings is 1. The molecule has 2 saturated heterocycles. The number of aliphatic hydroxyl groups is 1. The Hall–Kier alpha value is -2.99. The molecule has 194 valence electrons. The van der Waals surface area contributed by atoms with Gasteiger partial charge in [-0.05, 0) is 52.2 Å². The van der Waals surface area contributed by atoms with Gasteiger partial charge in [0.25, 0.3) is 6.01 Å². The van der Waals surface area contributed by atoms with Gasteiger partial charge in [-0.3, -0.25) is 4.90 Å². The van der Waals surface area contributed by atoms with Gasteiger partial charge in [0.05, 0.1) is 12.1 Å². The van der Waals surface area contributed by atoms with Crippen molar-refractivity contribution in [3.05, 3.63) is 23.7 Å². The van der Waals surface area contributed by atoms with Crippen LogP contribution in [0.2, 0.25) is 0 Å².